The highest BCUT2D eigenvalue weighted by Crippen LogP contribution is 2.53. The van der Waals surface area contributed by atoms with Crippen LogP contribution in [0.4, 0.5) is 0 Å². The quantitative estimate of drug-likeness (QED) is 0.519. The third-order valence-corrected chi connectivity index (χ3v) is 3.31. The van der Waals surface area contributed by atoms with E-state index >= 15 is 0 Å². The van der Waals surface area contributed by atoms with Crippen molar-refractivity contribution in [3.63, 3.8) is 0 Å². The van der Waals surface area contributed by atoms with Gasteiger partial charge in [0.05, 0.1) is 0 Å². The van der Waals surface area contributed by atoms with Crippen molar-refractivity contribution in [1.82, 2.24) is 0 Å². The summed E-state index contributed by atoms with van der Waals surface area (Å²) < 4.78 is 21.4. The molecule has 0 saturated heterocycles. The molecule has 4 aliphatic carbocycles. The second kappa shape index (κ2) is 2.94. The molecule has 0 unspecified atom stereocenters. The van der Waals surface area contributed by atoms with E-state index in [1.54, 1.807) is 7.11 Å². The average molecular weight is 189 g/mol. The highest BCUT2D eigenvalue weighted by molar-refractivity contribution is 6.01. The molecule has 0 N–H and O–H groups in total. The SMILES string of the molecule is [2H]C1([2H])C(=C2C=CC(=[O+]C)C=C2)C2CC1C2. The second-order valence-corrected chi connectivity index (χ2v) is 4.15. The zero-order chi connectivity index (χ0) is 11.3. The van der Waals surface area contributed by atoms with Gasteiger partial charge in [0.15, 0.2) is 0 Å². The average Bonchev–Trinajstić information content (AvgIpc) is 2.62. The molecule has 0 aliphatic heterocycles. The Bertz CT molecular complexity index is 431. The van der Waals surface area contributed by atoms with Gasteiger partial charge < -0.3 is 0 Å². The first-order valence-corrected chi connectivity index (χ1v) is 5.14. The topological polar surface area (TPSA) is 11.3 Å². The lowest BCUT2D eigenvalue weighted by molar-refractivity contribution is -0.417. The molecule has 0 aromatic carbocycles. The maximum atomic E-state index is 8.13. The number of rotatable bonds is 0. The number of hydrogen-bond donors (Lipinski definition) is 0. The number of ketones is 1. The van der Waals surface area contributed by atoms with E-state index < -0.39 is 6.37 Å². The van der Waals surface area contributed by atoms with Gasteiger partial charge in [-0.3, -0.25) is 4.42 Å². The van der Waals surface area contributed by atoms with Gasteiger partial charge in [0.1, 0.15) is 0 Å². The van der Waals surface area contributed by atoms with Gasteiger partial charge in [-0.05, 0) is 48.8 Å². The second-order valence-electron chi connectivity index (χ2n) is 4.15. The minimum absolute atomic E-state index is 0.259. The van der Waals surface area contributed by atoms with Gasteiger partial charge in [-0.1, -0.05) is 5.57 Å². The first-order chi connectivity index (χ1) is 7.63. The molecule has 3 fully saturated rings. The molecular formula is C13H15O+. The zero-order valence-corrected chi connectivity index (χ0v) is 8.29. The molecule has 0 amide bonds. The Balaban J connectivity index is 2.02. The van der Waals surface area contributed by atoms with Crippen LogP contribution in [0.15, 0.2) is 35.5 Å². The Labute approximate surface area is 87.3 Å². The van der Waals surface area contributed by atoms with Gasteiger partial charge in [-0.2, -0.15) is 0 Å². The lowest BCUT2D eigenvalue weighted by Gasteiger charge is -2.22. The number of fused-ring (bicyclic) bond motifs is 1. The summed E-state index contributed by atoms with van der Waals surface area (Å²) >= 11 is 0. The lowest BCUT2D eigenvalue weighted by atomic mass is 9.83. The highest BCUT2D eigenvalue weighted by Gasteiger charge is 2.41. The molecule has 14 heavy (non-hydrogen) atoms. The Kier molecular flexibility index (Phi) is 1.34. The Morgan fingerprint density at radius 1 is 1.29 bits per heavy atom. The Morgan fingerprint density at radius 3 is 2.50 bits per heavy atom. The molecule has 0 spiro atoms. The van der Waals surface area contributed by atoms with E-state index in [9.17, 15) is 0 Å². The van der Waals surface area contributed by atoms with Crippen molar-refractivity contribution in [2.75, 3.05) is 7.11 Å². The van der Waals surface area contributed by atoms with Crippen LogP contribution in [-0.2, 0) is 4.42 Å². The first kappa shape index (κ1) is 6.39. The fourth-order valence-corrected chi connectivity index (χ4v) is 2.40. The van der Waals surface area contributed by atoms with Gasteiger partial charge in [0, 0.05) is 14.9 Å². The van der Waals surface area contributed by atoms with E-state index in [2.05, 4.69) is 0 Å². The fourth-order valence-electron chi connectivity index (χ4n) is 2.40. The van der Waals surface area contributed by atoms with Gasteiger partial charge in [0.25, 0.3) is 7.11 Å². The Morgan fingerprint density at radius 2 is 2.00 bits per heavy atom. The van der Waals surface area contributed by atoms with Crippen LogP contribution in [0.1, 0.15) is 22.0 Å². The van der Waals surface area contributed by atoms with Crippen LogP contribution < -0.4 is 0 Å². The van der Waals surface area contributed by atoms with E-state index in [0.29, 0.717) is 5.92 Å². The predicted molar refractivity (Wildman–Crippen MR) is 57.1 cm³/mol. The molecular weight excluding hydrogens is 172 g/mol. The van der Waals surface area contributed by atoms with Crippen molar-refractivity contribution in [2.45, 2.75) is 19.2 Å². The van der Waals surface area contributed by atoms with Crippen molar-refractivity contribution < 1.29 is 7.17 Å². The molecule has 0 aromatic rings. The molecule has 1 heteroatoms. The maximum Gasteiger partial charge on any atom is 0.343 e. The third kappa shape index (κ3) is 1.12. The summed E-state index contributed by atoms with van der Waals surface area (Å²) in [6.45, 7) is 0. The molecule has 3 saturated carbocycles. The summed E-state index contributed by atoms with van der Waals surface area (Å²) in [5.74, 6) is 1.57. The lowest BCUT2D eigenvalue weighted by Crippen LogP contribution is -2.11. The van der Waals surface area contributed by atoms with E-state index in [0.717, 1.165) is 29.8 Å². The van der Waals surface area contributed by atoms with Crippen LogP contribution in [-0.4, -0.2) is 12.9 Å². The summed E-state index contributed by atoms with van der Waals surface area (Å²) in [5.41, 5.74) is 2.07. The summed E-state index contributed by atoms with van der Waals surface area (Å²) in [5, 5.41) is 0. The maximum absolute atomic E-state index is 8.13. The summed E-state index contributed by atoms with van der Waals surface area (Å²) in [7, 11) is 1.65. The van der Waals surface area contributed by atoms with E-state index in [4.69, 9.17) is 7.17 Å². The van der Waals surface area contributed by atoms with Crippen molar-refractivity contribution in [3.8, 4) is 0 Å². The number of carbonyl (C=O) groups excluding carboxylic acids is 1. The molecule has 4 rings (SSSR count). The zero-order valence-electron chi connectivity index (χ0n) is 10.3. The smallest absolute Gasteiger partial charge is 0.258 e. The normalized spacial score (nSPS) is 39.4. The molecule has 2 bridgehead atoms. The molecule has 72 valence electrons. The van der Waals surface area contributed by atoms with Crippen LogP contribution in [0.5, 0.6) is 0 Å². The van der Waals surface area contributed by atoms with E-state index in [1.165, 1.54) is 0 Å². The largest absolute Gasteiger partial charge is 0.343 e. The van der Waals surface area contributed by atoms with Gasteiger partial charge in [-0.15, -0.1) is 0 Å². The predicted octanol–water partition coefficient (Wildman–Crippen LogP) is 2.57. The summed E-state index contributed by atoms with van der Waals surface area (Å²) in [6.07, 6.45) is 8.77. The van der Waals surface area contributed by atoms with Crippen molar-refractivity contribution in [2.24, 2.45) is 11.8 Å². The third-order valence-electron chi connectivity index (χ3n) is 3.31. The minimum atomic E-state index is -1.08. The molecule has 0 aromatic heterocycles. The number of allylic oxidation sites excluding steroid dienone is 6. The van der Waals surface area contributed by atoms with Gasteiger partial charge >= 0.3 is 5.78 Å². The van der Waals surface area contributed by atoms with Gasteiger partial charge in [-0.25, -0.2) is 0 Å². The molecule has 0 heterocycles. The molecule has 0 radical (unpaired) electrons. The molecule has 1 nitrogen and oxygen atoms in total. The van der Waals surface area contributed by atoms with Crippen molar-refractivity contribution in [3.05, 3.63) is 35.5 Å². The van der Waals surface area contributed by atoms with E-state index in [1.807, 2.05) is 24.3 Å². The number of hydrogen-bond acceptors (Lipinski definition) is 0. The monoisotopic (exact) mass is 189 g/mol. The van der Waals surface area contributed by atoms with Crippen molar-refractivity contribution in [1.29, 1.82) is 0 Å². The van der Waals surface area contributed by atoms with Crippen molar-refractivity contribution >= 4 is 5.78 Å². The fraction of sp³-hybridized carbons (Fsp3) is 0.462. The highest BCUT2D eigenvalue weighted by atomic mass is 16.4. The van der Waals surface area contributed by atoms with Crippen LogP contribution in [0.25, 0.3) is 0 Å². The van der Waals surface area contributed by atoms with Gasteiger partial charge in [0.2, 0.25) is 0 Å². The van der Waals surface area contributed by atoms with Crippen LogP contribution in [0.2, 0.25) is 0 Å². The standard InChI is InChI=1S/C13H15O/c1-14-12-4-2-10(3-5-12)13-8-9-6-11(13)7-9/h2-5,9,11H,6-8H2,1H3/q+1/i8D2. The van der Waals surface area contributed by atoms with Crippen LogP contribution in [0.3, 0.4) is 0 Å². The Hall–Kier alpha value is -1.11. The first-order valence-electron chi connectivity index (χ1n) is 6.14. The van der Waals surface area contributed by atoms with E-state index in [-0.39, 0.29) is 5.92 Å². The summed E-state index contributed by atoms with van der Waals surface area (Å²) in [6, 6.07) is 0. The minimum Gasteiger partial charge on any atom is -0.258 e. The van der Waals surface area contributed by atoms with Crippen LogP contribution in [0, 0.1) is 11.8 Å². The molecule has 4 aliphatic rings. The molecule has 0 atom stereocenters. The van der Waals surface area contributed by atoms with Crippen LogP contribution >= 0.6 is 0 Å². The summed E-state index contributed by atoms with van der Waals surface area (Å²) in [4.78, 5) is 0.